The molecule has 0 spiro atoms. The van der Waals surface area contributed by atoms with E-state index < -0.39 is 0 Å². The second kappa shape index (κ2) is 6.65. The fourth-order valence-electron chi connectivity index (χ4n) is 1.65. The quantitative estimate of drug-likeness (QED) is 0.830. The van der Waals surface area contributed by atoms with Crippen molar-refractivity contribution in [1.29, 1.82) is 0 Å². The van der Waals surface area contributed by atoms with Gasteiger partial charge in [-0.25, -0.2) is 0 Å². The van der Waals surface area contributed by atoms with E-state index in [4.69, 9.17) is 4.52 Å². The maximum absolute atomic E-state index is 12.1. The summed E-state index contributed by atoms with van der Waals surface area (Å²) in [6, 6.07) is 1.78. The van der Waals surface area contributed by atoms with Crippen LogP contribution in [0.15, 0.2) is 23.0 Å². The first-order valence-electron chi connectivity index (χ1n) is 6.46. The molecular formula is C13H17N5O2. The van der Waals surface area contributed by atoms with Gasteiger partial charge in [-0.05, 0) is 19.4 Å². The number of nitrogens with zero attached hydrogens (tertiary/aromatic N) is 3. The van der Waals surface area contributed by atoms with Crippen molar-refractivity contribution in [3.8, 4) is 0 Å². The predicted octanol–water partition coefficient (Wildman–Crippen LogP) is 1.52. The van der Waals surface area contributed by atoms with Crippen LogP contribution in [0.1, 0.15) is 35.4 Å². The Hall–Kier alpha value is -2.44. The number of hydrogen-bond acceptors (Lipinski definition) is 6. The van der Waals surface area contributed by atoms with E-state index in [9.17, 15) is 4.79 Å². The molecule has 2 aromatic rings. The van der Waals surface area contributed by atoms with E-state index in [0.717, 1.165) is 18.7 Å². The molecule has 0 aliphatic carbocycles. The first-order valence-corrected chi connectivity index (χ1v) is 6.46. The van der Waals surface area contributed by atoms with E-state index in [0.29, 0.717) is 17.3 Å². The Labute approximate surface area is 116 Å². The highest BCUT2D eigenvalue weighted by Gasteiger charge is 2.12. The SMILES string of the molecule is CCCNc1ccncc1C(=O)NCc1nc(C)no1. The summed E-state index contributed by atoms with van der Waals surface area (Å²) >= 11 is 0. The lowest BCUT2D eigenvalue weighted by Crippen LogP contribution is -2.24. The standard InChI is InChI=1S/C13H17N5O2/c1-3-5-15-11-4-6-14-7-10(11)13(19)16-8-12-17-9(2)18-20-12/h4,6-7H,3,5,8H2,1-2H3,(H,14,15)(H,16,19). The number of rotatable bonds is 6. The van der Waals surface area contributed by atoms with E-state index >= 15 is 0 Å². The van der Waals surface area contributed by atoms with E-state index in [2.05, 4.69) is 32.7 Å². The zero-order valence-corrected chi connectivity index (χ0v) is 11.5. The van der Waals surface area contributed by atoms with Gasteiger partial charge in [0.1, 0.15) is 0 Å². The lowest BCUT2D eigenvalue weighted by atomic mass is 10.2. The molecular weight excluding hydrogens is 258 g/mol. The van der Waals surface area contributed by atoms with Crippen LogP contribution >= 0.6 is 0 Å². The highest BCUT2D eigenvalue weighted by molar-refractivity contribution is 5.99. The predicted molar refractivity (Wildman–Crippen MR) is 73.2 cm³/mol. The first kappa shape index (κ1) is 14.0. The van der Waals surface area contributed by atoms with Crippen LogP contribution in [-0.2, 0) is 6.54 Å². The second-order valence-corrected chi connectivity index (χ2v) is 4.27. The number of aryl methyl sites for hydroxylation is 1. The van der Waals surface area contributed by atoms with E-state index in [1.165, 1.54) is 6.20 Å². The van der Waals surface area contributed by atoms with Crippen molar-refractivity contribution in [2.24, 2.45) is 0 Å². The average molecular weight is 275 g/mol. The third-order valence-corrected chi connectivity index (χ3v) is 2.60. The molecule has 7 heteroatoms. The Morgan fingerprint density at radius 2 is 2.30 bits per heavy atom. The zero-order chi connectivity index (χ0) is 14.4. The van der Waals surface area contributed by atoms with Gasteiger partial charge in [0, 0.05) is 18.9 Å². The van der Waals surface area contributed by atoms with Crippen LogP contribution in [0.5, 0.6) is 0 Å². The van der Waals surface area contributed by atoms with Gasteiger partial charge in [-0.3, -0.25) is 9.78 Å². The fourth-order valence-corrected chi connectivity index (χ4v) is 1.65. The summed E-state index contributed by atoms with van der Waals surface area (Å²) in [5, 5.41) is 9.59. The molecule has 2 heterocycles. The number of hydrogen-bond donors (Lipinski definition) is 2. The Morgan fingerprint density at radius 3 is 3.00 bits per heavy atom. The minimum absolute atomic E-state index is 0.196. The van der Waals surface area contributed by atoms with Crippen molar-refractivity contribution >= 4 is 11.6 Å². The third kappa shape index (κ3) is 3.53. The Balaban J connectivity index is 2.01. The molecule has 2 N–H and O–H groups in total. The van der Waals surface area contributed by atoms with E-state index in [-0.39, 0.29) is 12.5 Å². The van der Waals surface area contributed by atoms with Crippen molar-refractivity contribution in [3.05, 3.63) is 35.7 Å². The van der Waals surface area contributed by atoms with Crippen molar-refractivity contribution in [2.75, 3.05) is 11.9 Å². The van der Waals surface area contributed by atoms with Gasteiger partial charge in [-0.1, -0.05) is 12.1 Å². The minimum Gasteiger partial charge on any atom is -0.384 e. The number of carbonyl (C=O) groups is 1. The lowest BCUT2D eigenvalue weighted by molar-refractivity contribution is 0.0946. The summed E-state index contributed by atoms with van der Waals surface area (Å²) in [6.45, 7) is 4.78. The number of nitrogens with one attached hydrogen (secondary N) is 2. The molecule has 0 aromatic carbocycles. The van der Waals surface area contributed by atoms with Crippen LogP contribution in [0.25, 0.3) is 0 Å². The molecule has 0 aliphatic heterocycles. The van der Waals surface area contributed by atoms with Gasteiger partial charge >= 0.3 is 0 Å². The van der Waals surface area contributed by atoms with Crippen molar-refractivity contribution in [3.63, 3.8) is 0 Å². The summed E-state index contributed by atoms with van der Waals surface area (Å²) in [7, 11) is 0. The molecule has 0 radical (unpaired) electrons. The number of aromatic nitrogens is 3. The van der Waals surface area contributed by atoms with Crippen LogP contribution in [-0.4, -0.2) is 27.6 Å². The van der Waals surface area contributed by atoms with Gasteiger partial charge in [0.25, 0.3) is 5.91 Å². The minimum atomic E-state index is -0.229. The summed E-state index contributed by atoms with van der Waals surface area (Å²) in [4.78, 5) is 20.1. The largest absolute Gasteiger partial charge is 0.384 e. The first-order chi connectivity index (χ1) is 9.70. The molecule has 0 atom stereocenters. The Kier molecular flexibility index (Phi) is 4.65. The number of pyridine rings is 1. The summed E-state index contributed by atoms with van der Waals surface area (Å²) < 4.78 is 4.94. The molecule has 7 nitrogen and oxygen atoms in total. The van der Waals surface area contributed by atoms with Gasteiger partial charge in [0.2, 0.25) is 5.89 Å². The molecule has 1 amide bonds. The molecule has 0 saturated heterocycles. The van der Waals surface area contributed by atoms with Gasteiger partial charge in [-0.2, -0.15) is 4.98 Å². The number of carbonyl (C=O) groups excluding carboxylic acids is 1. The van der Waals surface area contributed by atoms with E-state index in [1.807, 2.05) is 0 Å². The maximum Gasteiger partial charge on any atom is 0.255 e. The summed E-state index contributed by atoms with van der Waals surface area (Å²) in [5.74, 6) is 0.691. The van der Waals surface area contributed by atoms with Gasteiger partial charge in [0.05, 0.1) is 17.8 Å². The number of amides is 1. The van der Waals surface area contributed by atoms with Gasteiger partial charge < -0.3 is 15.2 Å². The average Bonchev–Trinajstić information content (AvgIpc) is 2.88. The number of anilines is 1. The Morgan fingerprint density at radius 1 is 1.45 bits per heavy atom. The molecule has 106 valence electrons. The van der Waals surface area contributed by atoms with Crippen LogP contribution in [0.4, 0.5) is 5.69 Å². The lowest BCUT2D eigenvalue weighted by Gasteiger charge is -2.10. The molecule has 0 bridgehead atoms. The monoisotopic (exact) mass is 275 g/mol. The summed E-state index contributed by atoms with van der Waals surface area (Å²) in [6.07, 6.45) is 4.16. The summed E-state index contributed by atoms with van der Waals surface area (Å²) in [5.41, 5.74) is 1.26. The van der Waals surface area contributed by atoms with Crippen LogP contribution in [0.3, 0.4) is 0 Å². The highest BCUT2D eigenvalue weighted by atomic mass is 16.5. The topological polar surface area (TPSA) is 92.9 Å². The smallest absolute Gasteiger partial charge is 0.255 e. The normalized spacial score (nSPS) is 10.3. The van der Waals surface area contributed by atoms with Gasteiger partial charge in [0.15, 0.2) is 5.82 Å². The molecule has 20 heavy (non-hydrogen) atoms. The molecule has 0 saturated carbocycles. The molecule has 0 aliphatic rings. The maximum atomic E-state index is 12.1. The van der Waals surface area contributed by atoms with Crippen molar-refractivity contribution in [1.82, 2.24) is 20.4 Å². The zero-order valence-electron chi connectivity index (χ0n) is 11.5. The third-order valence-electron chi connectivity index (χ3n) is 2.60. The molecule has 0 fully saturated rings. The van der Waals surface area contributed by atoms with Crippen LogP contribution in [0.2, 0.25) is 0 Å². The van der Waals surface area contributed by atoms with Crippen LogP contribution in [0, 0.1) is 6.92 Å². The van der Waals surface area contributed by atoms with Crippen LogP contribution < -0.4 is 10.6 Å². The molecule has 0 unspecified atom stereocenters. The fraction of sp³-hybridized carbons (Fsp3) is 0.385. The second-order valence-electron chi connectivity index (χ2n) is 4.27. The van der Waals surface area contributed by atoms with E-state index in [1.54, 1.807) is 19.2 Å². The van der Waals surface area contributed by atoms with Crippen molar-refractivity contribution < 1.29 is 9.32 Å². The Bertz CT molecular complexity index is 582. The molecule has 2 rings (SSSR count). The van der Waals surface area contributed by atoms with Gasteiger partial charge in [-0.15, -0.1) is 0 Å². The van der Waals surface area contributed by atoms with Crippen molar-refractivity contribution in [2.45, 2.75) is 26.8 Å². The highest BCUT2D eigenvalue weighted by Crippen LogP contribution is 2.13. The molecule has 2 aromatic heterocycles.